The van der Waals surface area contributed by atoms with Gasteiger partial charge in [0, 0.05) is 21.8 Å². The van der Waals surface area contributed by atoms with Gasteiger partial charge in [-0.05, 0) is 47.2 Å². The number of rotatable bonds is 5. The van der Waals surface area contributed by atoms with E-state index in [0.717, 1.165) is 34.1 Å². The Kier molecular flexibility index (Phi) is 6.51. The number of benzene rings is 1. The summed E-state index contributed by atoms with van der Waals surface area (Å²) in [4.78, 5) is 0. The monoisotopic (exact) mass is 420 g/mol. The maximum absolute atomic E-state index is 6.38. The molecule has 0 N–H and O–H groups in total. The van der Waals surface area contributed by atoms with E-state index in [-0.39, 0.29) is 5.92 Å². The summed E-state index contributed by atoms with van der Waals surface area (Å²) in [6.45, 7) is 4.14. The van der Waals surface area contributed by atoms with Crippen molar-refractivity contribution in [1.29, 1.82) is 0 Å². The summed E-state index contributed by atoms with van der Waals surface area (Å²) >= 11 is 22.3. The largest absolute Gasteiger partial charge is 0.155 e. The minimum atomic E-state index is 0.286. The fourth-order valence-electron chi connectivity index (χ4n) is 2.18. The smallest absolute Gasteiger partial charge is 0.154 e. The topological polar surface area (TPSA) is 25.8 Å². The normalized spacial score (nSPS) is 11.2. The second-order valence-corrected chi connectivity index (χ2v) is 7.36. The molecule has 22 heavy (non-hydrogen) atoms. The van der Waals surface area contributed by atoms with E-state index in [0.29, 0.717) is 21.6 Å². The molecule has 0 atom stereocenters. The first-order valence-corrected chi connectivity index (χ1v) is 9.22. The molecule has 1 aromatic carbocycles. The molecule has 0 fully saturated rings. The Morgan fingerprint density at radius 2 is 1.68 bits per heavy atom. The van der Waals surface area contributed by atoms with Gasteiger partial charge in [0.2, 0.25) is 0 Å². The minimum Gasteiger partial charge on any atom is -0.154 e. The average molecular weight is 423 g/mol. The van der Waals surface area contributed by atoms with Crippen molar-refractivity contribution in [2.24, 2.45) is 0 Å². The SMILES string of the molecule is CC(C)c1cc(Cc2c(Cl)cc(CCBr)cc2Cl)nnc1Cl. The third-order valence-corrected chi connectivity index (χ3v) is 4.76. The Morgan fingerprint density at radius 1 is 1.05 bits per heavy atom. The number of aromatic nitrogens is 2. The highest BCUT2D eigenvalue weighted by atomic mass is 79.9. The predicted molar refractivity (Wildman–Crippen MR) is 97.9 cm³/mol. The van der Waals surface area contributed by atoms with Crippen LogP contribution in [0.15, 0.2) is 18.2 Å². The van der Waals surface area contributed by atoms with Crippen LogP contribution < -0.4 is 0 Å². The van der Waals surface area contributed by atoms with Gasteiger partial charge in [-0.3, -0.25) is 0 Å². The van der Waals surface area contributed by atoms with E-state index in [9.17, 15) is 0 Å². The molecule has 0 bridgehead atoms. The highest BCUT2D eigenvalue weighted by Crippen LogP contribution is 2.30. The van der Waals surface area contributed by atoms with E-state index < -0.39 is 0 Å². The van der Waals surface area contributed by atoms with Crippen LogP contribution in [0.25, 0.3) is 0 Å². The highest BCUT2D eigenvalue weighted by molar-refractivity contribution is 9.09. The zero-order chi connectivity index (χ0) is 16.3. The van der Waals surface area contributed by atoms with Crippen molar-refractivity contribution in [1.82, 2.24) is 10.2 Å². The number of hydrogen-bond donors (Lipinski definition) is 0. The Morgan fingerprint density at radius 3 is 2.23 bits per heavy atom. The molecule has 1 aromatic heterocycles. The zero-order valence-electron chi connectivity index (χ0n) is 12.3. The fraction of sp³-hybridized carbons (Fsp3) is 0.375. The van der Waals surface area contributed by atoms with Gasteiger partial charge >= 0.3 is 0 Å². The first-order valence-electron chi connectivity index (χ1n) is 6.97. The molecule has 6 heteroatoms. The lowest BCUT2D eigenvalue weighted by Crippen LogP contribution is -2.02. The molecule has 2 aromatic rings. The van der Waals surface area contributed by atoms with Gasteiger partial charge in [0.25, 0.3) is 0 Å². The summed E-state index contributed by atoms with van der Waals surface area (Å²) in [5.41, 5.74) is 3.77. The maximum atomic E-state index is 6.38. The lowest BCUT2D eigenvalue weighted by molar-refractivity contribution is 0.824. The highest BCUT2D eigenvalue weighted by Gasteiger charge is 2.13. The van der Waals surface area contributed by atoms with E-state index in [1.807, 2.05) is 18.2 Å². The third kappa shape index (κ3) is 4.35. The summed E-state index contributed by atoms with van der Waals surface area (Å²) in [5.74, 6) is 0.286. The van der Waals surface area contributed by atoms with E-state index in [1.54, 1.807) is 0 Å². The number of nitrogens with zero attached hydrogens (tertiary/aromatic N) is 2. The standard InChI is InChI=1S/C16H16BrCl3N2/c1-9(2)12-7-11(21-22-16(12)20)8-13-14(18)5-10(3-4-17)6-15(13)19/h5-7,9H,3-4,8H2,1-2H3. The molecule has 2 rings (SSSR count). The molecule has 0 amide bonds. The van der Waals surface area contributed by atoms with Crippen LogP contribution in [0.3, 0.4) is 0 Å². The van der Waals surface area contributed by atoms with Crippen LogP contribution in [-0.4, -0.2) is 15.5 Å². The average Bonchev–Trinajstić information content (AvgIpc) is 2.44. The van der Waals surface area contributed by atoms with Crippen molar-refractivity contribution in [3.05, 3.63) is 55.8 Å². The molecule has 0 radical (unpaired) electrons. The Balaban J connectivity index is 2.33. The van der Waals surface area contributed by atoms with Crippen molar-refractivity contribution in [3.8, 4) is 0 Å². The molecule has 0 unspecified atom stereocenters. The molecule has 0 saturated carbocycles. The van der Waals surface area contributed by atoms with Crippen LogP contribution >= 0.6 is 50.7 Å². The summed E-state index contributed by atoms with van der Waals surface area (Å²) in [5, 5.41) is 10.8. The van der Waals surface area contributed by atoms with E-state index in [1.165, 1.54) is 0 Å². The van der Waals surface area contributed by atoms with E-state index >= 15 is 0 Å². The summed E-state index contributed by atoms with van der Waals surface area (Å²) < 4.78 is 0. The lowest BCUT2D eigenvalue weighted by atomic mass is 10.0. The van der Waals surface area contributed by atoms with Crippen molar-refractivity contribution >= 4 is 50.7 Å². The van der Waals surface area contributed by atoms with Crippen LogP contribution in [0.2, 0.25) is 15.2 Å². The van der Waals surface area contributed by atoms with Crippen LogP contribution in [0.1, 0.15) is 42.1 Å². The molecule has 0 saturated heterocycles. The number of halogens is 4. The molecule has 118 valence electrons. The molecule has 0 spiro atoms. The molecule has 0 aliphatic carbocycles. The Hall–Kier alpha value is -0.350. The quantitative estimate of drug-likeness (QED) is 0.545. The molecule has 0 aliphatic heterocycles. The fourth-order valence-corrected chi connectivity index (χ4v) is 3.62. The van der Waals surface area contributed by atoms with Gasteiger partial charge in [-0.1, -0.05) is 64.6 Å². The first kappa shape index (κ1) is 18.0. The van der Waals surface area contributed by atoms with Crippen molar-refractivity contribution in [2.45, 2.75) is 32.6 Å². The summed E-state index contributed by atoms with van der Waals surface area (Å²) in [7, 11) is 0. The maximum Gasteiger partial charge on any atom is 0.155 e. The van der Waals surface area contributed by atoms with E-state index in [4.69, 9.17) is 34.8 Å². The summed E-state index contributed by atoms with van der Waals surface area (Å²) in [6, 6.07) is 5.88. The number of aryl methyl sites for hydroxylation is 1. The van der Waals surface area contributed by atoms with Crippen LogP contribution in [0.4, 0.5) is 0 Å². The van der Waals surface area contributed by atoms with Crippen LogP contribution in [0.5, 0.6) is 0 Å². The third-order valence-electron chi connectivity index (χ3n) is 3.39. The van der Waals surface area contributed by atoms with Gasteiger partial charge < -0.3 is 0 Å². The van der Waals surface area contributed by atoms with Crippen LogP contribution in [0, 0.1) is 0 Å². The molecule has 0 aliphatic rings. The first-order chi connectivity index (χ1) is 10.4. The van der Waals surface area contributed by atoms with E-state index in [2.05, 4.69) is 40.0 Å². The van der Waals surface area contributed by atoms with Crippen molar-refractivity contribution in [3.63, 3.8) is 0 Å². The minimum absolute atomic E-state index is 0.286. The van der Waals surface area contributed by atoms with Crippen molar-refractivity contribution in [2.75, 3.05) is 5.33 Å². The number of hydrogen-bond acceptors (Lipinski definition) is 2. The summed E-state index contributed by atoms with van der Waals surface area (Å²) in [6.07, 6.45) is 1.42. The second-order valence-electron chi connectivity index (χ2n) is 5.39. The van der Waals surface area contributed by atoms with Gasteiger partial charge in [-0.2, -0.15) is 5.10 Å². The zero-order valence-corrected chi connectivity index (χ0v) is 16.2. The molecule has 1 heterocycles. The predicted octanol–water partition coefficient (Wildman–Crippen LogP) is 6.09. The van der Waals surface area contributed by atoms with Gasteiger partial charge in [0.15, 0.2) is 5.15 Å². The molecular formula is C16H16BrCl3N2. The van der Waals surface area contributed by atoms with Gasteiger partial charge in [0.05, 0.1) is 5.69 Å². The molecule has 2 nitrogen and oxygen atoms in total. The lowest BCUT2D eigenvalue weighted by Gasteiger charge is -2.11. The van der Waals surface area contributed by atoms with Gasteiger partial charge in [0.1, 0.15) is 0 Å². The Bertz CT molecular complexity index is 651. The van der Waals surface area contributed by atoms with Crippen molar-refractivity contribution < 1.29 is 0 Å². The second kappa shape index (κ2) is 7.96. The van der Waals surface area contributed by atoms with Crippen LogP contribution in [-0.2, 0) is 12.8 Å². The van der Waals surface area contributed by atoms with Gasteiger partial charge in [-0.15, -0.1) is 5.10 Å². The Labute approximate surface area is 154 Å². The number of alkyl halides is 1. The molecular weight excluding hydrogens is 406 g/mol. The van der Waals surface area contributed by atoms with Gasteiger partial charge in [-0.25, -0.2) is 0 Å².